The summed E-state index contributed by atoms with van der Waals surface area (Å²) in [6.45, 7) is 0.888. The average Bonchev–Trinajstić information content (AvgIpc) is 2.67. The zero-order chi connectivity index (χ0) is 19.8. The number of anilines is 1. The molecule has 27 heavy (non-hydrogen) atoms. The van der Waals surface area contributed by atoms with Crippen LogP contribution in [0.5, 0.6) is 0 Å². The van der Waals surface area contributed by atoms with Gasteiger partial charge in [-0.3, -0.25) is 19.7 Å². The van der Waals surface area contributed by atoms with Crippen molar-refractivity contribution < 1.29 is 24.0 Å². The average molecular weight is 371 g/mol. The number of nitro benzene ring substituents is 1. The molecule has 0 saturated heterocycles. The molecule has 2 aromatic rings. The summed E-state index contributed by atoms with van der Waals surface area (Å²) in [6, 6.07) is 12.6. The van der Waals surface area contributed by atoms with Gasteiger partial charge in [0.2, 0.25) is 0 Å². The van der Waals surface area contributed by atoms with Crippen LogP contribution in [0.2, 0.25) is 0 Å². The lowest BCUT2D eigenvalue weighted by Gasteiger charge is -2.13. The summed E-state index contributed by atoms with van der Waals surface area (Å²) in [6.07, 6.45) is 0. The second-order valence-corrected chi connectivity index (χ2v) is 5.52. The second-order valence-electron chi connectivity index (χ2n) is 5.52. The summed E-state index contributed by atoms with van der Waals surface area (Å²) < 4.78 is 4.86. The van der Waals surface area contributed by atoms with Gasteiger partial charge in [0.25, 0.3) is 17.5 Å². The first-order chi connectivity index (χ1) is 12.9. The maximum atomic E-state index is 12.0. The number of amides is 2. The Labute approximate surface area is 154 Å². The molecule has 0 aliphatic rings. The number of benzene rings is 2. The van der Waals surface area contributed by atoms with E-state index in [1.807, 2.05) is 0 Å². The van der Waals surface area contributed by atoms with Crippen LogP contribution in [-0.2, 0) is 14.3 Å². The first kappa shape index (κ1) is 19.6. The minimum Gasteiger partial charge on any atom is -0.454 e. The van der Waals surface area contributed by atoms with Crippen LogP contribution >= 0.6 is 0 Å². The SMILES string of the molecule is CC(NC(=O)c1ccccc1)C(=O)OCC(=O)Nc1ccc([N+](=O)[O-])cc1. The third kappa shape index (κ3) is 5.92. The molecule has 0 fully saturated rings. The third-order valence-corrected chi connectivity index (χ3v) is 3.44. The molecule has 0 spiro atoms. The number of carbonyl (C=O) groups is 3. The summed E-state index contributed by atoms with van der Waals surface area (Å²) in [5, 5.41) is 15.5. The lowest BCUT2D eigenvalue weighted by Crippen LogP contribution is -2.40. The highest BCUT2D eigenvalue weighted by Gasteiger charge is 2.19. The van der Waals surface area contributed by atoms with Crippen molar-refractivity contribution in [2.45, 2.75) is 13.0 Å². The largest absolute Gasteiger partial charge is 0.454 e. The molecule has 2 N–H and O–H groups in total. The van der Waals surface area contributed by atoms with Crippen LogP contribution in [0.15, 0.2) is 54.6 Å². The van der Waals surface area contributed by atoms with Crippen LogP contribution in [0.4, 0.5) is 11.4 Å². The van der Waals surface area contributed by atoms with Crippen molar-refractivity contribution in [3.8, 4) is 0 Å². The lowest BCUT2D eigenvalue weighted by atomic mass is 10.2. The molecular weight excluding hydrogens is 354 g/mol. The fraction of sp³-hybridized carbons (Fsp3) is 0.167. The molecule has 0 aliphatic heterocycles. The molecule has 9 heteroatoms. The molecule has 140 valence electrons. The Balaban J connectivity index is 1.79. The smallest absolute Gasteiger partial charge is 0.328 e. The third-order valence-electron chi connectivity index (χ3n) is 3.44. The van der Waals surface area contributed by atoms with E-state index in [1.54, 1.807) is 30.3 Å². The minimum atomic E-state index is -0.940. The molecule has 0 bridgehead atoms. The highest BCUT2D eigenvalue weighted by molar-refractivity contribution is 5.97. The maximum Gasteiger partial charge on any atom is 0.328 e. The molecule has 2 amide bonds. The number of carbonyl (C=O) groups excluding carboxylic acids is 3. The van der Waals surface area contributed by atoms with Crippen LogP contribution in [-0.4, -0.2) is 35.4 Å². The van der Waals surface area contributed by atoms with Crippen LogP contribution in [0, 0.1) is 10.1 Å². The fourth-order valence-electron chi connectivity index (χ4n) is 2.05. The van der Waals surface area contributed by atoms with Crippen molar-refractivity contribution in [1.82, 2.24) is 5.32 Å². The van der Waals surface area contributed by atoms with Gasteiger partial charge < -0.3 is 15.4 Å². The molecule has 1 unspecified atom stereocenters. The normalized spacial score (nSPS) is 11.1. The molecule has 0 saturated carbocycles. The van der Waals surface area contributed by atoms with E-state index < -0.39 is 35.4 Å². The van der Waals surface area contributed by atoms with Gasteiger partial charge in [-0.25, -0.2) is 4.79 Å². The molecule has 1 atom stereocenters. The van der Waals surface area contributed by atoms with Crippen molar-refractivity contribution in [3.05, 3.63) is 70.3 Å². The van der Waals surface area contributed by atoms with Crippen LogP contribution in [0.3, 0.4) is 0 Å². The zero-order valence-corrected chi connectivity index (χ0v) is 14.4. The summed E-state index contributed by atoms with van der Waals surface area (Å²) in [5.41, 5.74) is 0.613. The van der Waals surface area contributed by atoms with E-state index in [1.165, 1.54) is 31.2 Å². The van der Waals surface area contributed by atoms with Gasteiger partial charge in [-0.05, 0) is 31.2 Å². The van der Waals surface area contributed by atoms with Gasteiger partial charge in [0, 0.05) is 23.4 Å². The summed E-state index contributed by atoms with van der Waals surface area (Å²) in [4.78, 5) is 45.7. The van der Waals surface area contributed by atoms with E-state index in [4.69, 9.17) is 4.74 Å². The van der Waals surface area contributed by atoms with Gasteiger partial charge in [-0.1, -0.05) is 18.2 Å². The summed E-state index contributed by atoms with van der Waals surface area (Å²) in [5.74, 6) is -1.81. The van der Waals surface area contributed by atoms with Crippen molar-refractivity contribution in [3.63, 3.8) is 0 Å². The number of non-ortho nitro benzene ring substituents is 1. The van der Waals surface area contributed by atoms with E-state index in [9.17, 15) is 24.5 Å². The number of hydrogen-bond acceptors (Lipinski definition) is 6. The van der Waals surface area contributed by atoms with E-state index in [-0.39, 0.29) is 5.69 Å². The van der Waals surface area contributed by atoms with Crippen LogP contribution < -0.4 is 10.6 Å². The molecular formula is C18H17N3O6. The highest BCUT2D eigenvalue weighted by Crippen LogP contribution is 2.15. The zero-order valence-electron chi connectivity index (χ0n) is 14.4. The lowest BCUT2D eigenvalue weighted by molar-refractivity contribution is -0.384. The Morgan fingerprint density at radius 3 is 2.30 bits per heavy atom. The van der Waals surface area contributed by atoms with E-state index in [0.29, 0.717) is 11.3 Å². The molecule has 0 aromatic heterocycles. The van der Waals surface area contributed by atoms with Crippen molar-refractivity contribution in [2.75, 3.05) is 11.9 Å². The Kier molecular flexibility index (Phi) is 6.59. The van der Waals surface area contributed by atoms with Gasteiger partial charge in [-0.15, -0.1) is 0 Å². The maximum absolute atomic E-state index is 12.0. The van der Waals surface area contributed by atoms with Crippen LogP contribution in [0.25, 0.3) is 0 Å². The van der Waals surface area contributed by atoms with E-state index >= 15 is 0 Å². The molecule has 9 nitrogen and oxygen atoms in total. The molecule has 2 rings (SSSR count). The number of nitro groups is 1. The quantitative estimate of drug-likeness (QED) is 0.435. The van der Waals surface area contributed by atoms with Gasteiger partial charge in [0.05, 0.1) is 4.92 Å². The Morgan fingerprint density at radius 2 is 1.70 bits per heavy atom. The van der Waals surface area contributed by atoms with Crippen LogP contribution in [0.1, 0.15) is 17.3 Å². The Morgan fingerprint density at radius 1 is 1.07 bits per heavy atom. The predicted molar refractivity (Wildman–Crippen MR) is 96.1 cm³/mol. The van der Waals surface area contributed by atoms with Gasteiger partial charge in [0.15, 0.2) is 6.61 Å². The van der Waals surface area contributed by atoms with Gasteiger partial charge >= 0.3 is 5.97 Å². The van der Waals surface area contributed by atoms with Gasteiger partial charge in [-0.2, -0.15) is 0 Å². The predicted octanol–water partition coefficient (Wildman–Crippen LogP) is 1.89. The van der Waals surface area contributed by atoms with Gasteiger partial charge in [0.1, 0.15) is 6.04 Å². The minimum absolute atomic E-state index is 0.109. The molecule has 0 heterocycles. The first-order valence-electron chi connectivity index (χ1n) is 7.93. The van der Waals surface area contributed by atoms with Crippen molar-refractivity contribution in [1.29, 1.82) is 0 Å². The number of rotatable bonds is 7. The number of nitrogens with one attached hydrogen (secondary N) is 2. The standard InChI is InChI=1S/C18H17N3O6/c1-12(19-17(23)13-5-3-2-4-6-13)18(24)27-11-16(22)20-14-7-9-15(10-8-14)21(25)26/h2-10,12H,11H2,1H3,(H,19,23)(H,20,22). The second kappa shape index (κ2) is 9.09. The Bertz CT molecular complexity index is 836. The number of esters is 1. The first-order valence-corrected chi connectivity index (χ1v) is 7.93. The number of nitrogens with zero attached hydrogens (tertiary/aromatic N) is 1. The molecule has 2 aromatic carbocycles. The summed E-state index contributed by atoms with van der Waals surface area (Å²) in [7, 11) is 0. The summed E-state index contributed by atoms with van der Waals surface area (Å²) >= 11 is 0. The van der Waals surface area contributed by atoms with Crippen molar-refractivity contribution >= 4 is 29.2 Å². The number of ether oxygens (including phenoxy) is 1. The van der Waals surface area contributed by atoms with E-state index in [2.05, 4.69) is 10.6 Å². The molecule has 0 aliphatic carbocycles. The van der Waals surface area contributed by atoms with Crippen molar-refractivity contribution in [2.24, 2.45) is 0 Å². The fourth-order valence-corrected chi connectivity index (χ4v) is 2.05. The monoisotopic (exact) mass is 371 g/mol. The molecule has 0 radical (unpaired) electrons. The topological polar surface area (TPSA) is 128 Å². The Hall–Kier alpha value is -3.75. The number of hydrogen-bond donors (Lipinski definition) is 2. The van der Waals surface area contributed by atoms with E-state index in [0.717, 1.165) is 0 Å². The highest BCUT2D eigenvalue weighted by atomic mass is 16.6.